The van der Waals surface area contributed by atoms with Crippen molar-refractivity contribution >= 4 is 0 Å². The molecule has 0 aliphatic heterocycles. The number of hydrogen-bond donors (Lipinski definition) is 2. The highest BCUT2D eigenvalue weighted by molar-refractivity contribution is 5.20. The molecule has 1 aromatic rings. The summed E-state index contributed by atoms with van der Waals surface area (Å²) in [6.07, 6.45) is 1.21. The highest BCUT2D eigenvalue weighted by Crippen LogP contribution is 2.26. The molecule has 0 saturated carbocycles. The van der Waals surface area contributed by atoms with Crippen LogP contribution in [0.1, 0.15) is 38.7 Å². The monoisotopic (exact) mass is 234 g/mol. The molecule has 0 heterocycles. The van der Waals surface area contributed by atoms with E-state index < -0.39 is 0 Å². The van der Waals surface area contributed by atoms with Crippen molar-refractivity contribution in [3.63, 3.8) is 0 Å². The minimum absolute atomic E-state index is 0.394. The minimum Gasteiger partial charge on any atom is -0.329 e. The lowest BCUT2D eigenvalue weighted by Gasteiger charge is -2.25. The lowest BCUT2D eigenvalue weighted by molar-refractivity contribution is 0.402. The first-order chi connectivity index (χ1) is 8.19. The summed E-state index contributed by atoms with van der Waals surface area (Å²) in [7, 11) is 0. The Balaban J connectivity index is 2.68. The topological polar surface area (TPSA) is 38.0 Å². The van der Waals surface area contributed by atoms with Gasteiger partial charge in [0.15, 0.2) is 0 Å². The fraction of sp³-hybridized carbons (Fsp3) is 0.600. The van der Waals surface area contributed by atoms with E-state index in [9.17, 15) is 0 Å². The largest absolute Gasteiger partial charge is 0.329 e. The molecular weight excluding hydrogens is 208 g/mol. The zero-order valence-corrected chi connectivity index (χ0v) is 11.3. The summed E-state index contributed by atoms with van der Waals surface area (Å²) in [5.74, 6) is 1.27. The van der Waals surface area contributed by atoms with E-state index in [1.54, 1.807) is 0 Å². The van der Waals surface area contributed by atoms with Gasteiger partial charge in [0, 0.05) is 19.1 Å². The number of rotatable bonds is 7. The smallest absolute Gasteiger partial charge is 0.0162 e. The Morgan fingerprint density at radius 3 is 2.35 bits per heavy atom. The normalized spacial score (nSPS) is 16.5. The Morgan fingerprint density at radius 1 is 1.18 bits per heavy atom. The van der Waals surface area contributed by atoms with Crippen LogP contribution in [0.15, 0.2) is 30.3 Å². The van der Waals surface area contributed by atoms with E-state index >= 15 is 0 Å². The number of nitrogens with two attached hydrogens (primary N) is 1. The molecule has 3 unspecified atom stereocenters. The second kappa shape index (κ2) is 7.46. The van der Waals surface area contributed by atoms with E-state index in [0.29, 0.717) is 24.4 Å². The molecule has 0 bridgehead atoms. The van der Waals surface area contributed by atoms with Gasteiger partial charge in [-0.1, -0.05) is 50.6 Å². The van der Waals surface area contributed by atoms with Gasteiger partial charge >= 0.3 is 0 Å². The summed E-state index contributed by atoms with van der Waals surface area (Å²) in [6.45, 7) is 8.43. The van der Waals surface area contributed by atoms with Crippen LogP contribution < -0.4 is 11.1 Å². The van der Waals surface area contributed by atoms with Crippen molar-refractivity contribution in [2.45, 2.75) is 39.2 Å². The van der Waals surface area contributed by atoms with Crippen LogP contribution in [0.25, 0.3) is 0 Å². The average Bonchev–Trinajstić information content (AvgIpc) is 2.39. The summed E-state index contributed by atoms with van der Waals surface area (Å²) < 4.78 is 0. The molecule has 17 heavy (non-hydrogen) atoms. The Bertz CT molecular complexity index is 297. The van der Waals surface area contributed by atoms with Gasteiger partial charge in [0.05, 0.1) is 0 Å². The lowest BCUT2D eigenvalue weighted by Crippen LogP contribution is -2.37. The predicted octanol–water partition coefficient (Wildman–Crippen LogP) is 2.75. The average molecular weight is 234 g/mol. The summed E-state index contributed by atoms with van der Waals surface area (Å²) >= 11 is 0. The Labute approximate surface area is 106 Å². The van der Waals surface area contributed by atoms with Crippen molar-refractivity contribution < 1.29 is 0 Å². The molecular formula is C15H26N2. The third-order valence-electron chi connectivity index (χ3n) is 3.60. The van der Waals surface area contributed by atoms with Crippen LogP contribution in [-0.2, 0) is 0 Å². The maximum Gasteiger partial charge on any atom is 0.0162 e. The Kier molecular flexibility index (Phi) is 6.23. The molecule has 1 aromatic carbocycles. The fourth-order valence-electron chi connectivity index (χ4n) is 2.04. The van der Waals surface area contributed by atoms with Crippen LogP contribution >= 0.6 is 0 Å². The van der Waals surface area contributed by atoms with Crippen molar-refractivity contribution in [1.29, 1.82) is 0 Å². The van der Waals surface area contributed by atoms with Crippen LogP contribution in [0.5, 0.6) is 0 Å². The van der Waals surface area contributed by atoms with Gasteiger partial charge in [-0.3, -0.25) is 0 Å². The van der Waals surface area contributed by atoms with Crippen molar-refractivity contribution in [3.8, 4) is 0 Å². The predicted molar refractivity (Wildman–Crippen MR) is 75.2 cm³/mol. The minimum atomic E-state index is 0.394. The molecule has 1 rings (SSSR count). The first-order valence-corrected chi connectivity index (χ1v) is 6.67. The van der Waals surface area contributed by atoms with Crippen LogP contribution in [0.3, 0.4) is 0 Å². The van der Waals surface area contributed by atoms with Crippen LogP contribution in [0.2, 0.25) is 0 Å². The maximum atomic E-state index is 5.64. The number of benzene rings is 1. The molecule has 0 fully saturated rings. The molecule has 0 radical (unpaired) electrons. The number of hydrogen-bond acceptors (Lipinski definition) is 2. The zero-order valence-electron chi connectivity index (χ0n) is 11.3. The molecule has 2 heteroatoms. The third kappa shape index (κ3) is 4.49. The van der Waals surface area contributed by atoms with Gasteiger partial charge in [-0.2, -0.15) is 0 Å². The fourth-order valence-corrected chi connectivity index (χ4v) is 2.04. The molecule has 0 aliphatic rings. The molecule has 0 spiro atoms. The first-order valence-electron chi connectivity index (χ1n) is 6.67. The lowest BCUT2D eigenvalue weighted by atomic mass is 9.85. The van der Waals surface area contributed by atoms with Gasteiger partial charge < -0.3 is 11.1 Å². The van der Waals surface area contributed by atoms with Crippen molar-refractivity contribution in [2.75, 3.05) is 13.1 Å². The summed E-state index contributed by atoms with van der Waals surface area (Å²) in [5, 5.41) is 3.52. The van der Waals surface area contributed by atoms with Crippen LogP contribution in [-0.4, -0.2) is 19.1 Å². The van der Waals surface area contributed by atoms with Crippen molar-refractivity contribution in [1.82, 2.24) is 5.32 Å². The molecule has 0 saturated heterocycles. The van der Waals surface area contributed by atoms with Crippen LogP contribution in [0.4, 0.5) is 0 Å². The van der Waals surface area contributed by atoms with Gasteiger partial charge in [-0.25, -0.2) is 0 Å². The number of nitrogens with one attached hydrogen (secondary N) is 1. The molecule has 96 valence electrons. The van der Waals surface area contributed by atoms with Gasteiger partial charge in [-0.15, -0.1) is 0 Å². The van der Waals surface area contributed by atoms with Crippen molar-refractivity contribution in [2.24, 2.45) is 11.7 Å². The molecule has 0 aliphatic carbocycles. The highest BCUT2D eigenvalue weighted by Gasteiger charge is 2.18. The summed E-state index contributed by atoms with van der Waals surface area (Å²) in [4.78, 5) is 0. The molecule has 3 N–H and O–H groups in total. The van der Waals surface area contributed by atoms with Crippen LogP contribution in [0, 0.1) is 5.92 Å². The van der Waals surface area contributed by atoms with E-state index in [1.165, 1.54) is 12.0 Å². The van der Waals surface area contributed by atoms with E-state index in [-0.39, 0.29) is 0 Å². The van der Waals surface area contributed by atoms with Gasteiger partial charge in [-0.05, 0) is 24.3 Å². The molecule has 3 atom stereocenters. The molecule has 0 aromatic heterocycles. The van der Waals surface area contributed by atoms with Gasteiger partial charge in [0.25, 0.3) is 0 Å². The van der Waals surface area contributed by atoms with E-state index in [0.717, 1.165) is 6.54 Å². The standard InChI is InChI=1S/C15H26N2/c1-4-12(2)15(11-17-13(3)10-16)14-8-6-5-7-9-14/h5-9,12-13,15,17H,4,10-11,16H2,1-3H3. The van der Waals surface area contributed by atoms with E-state index in [2.05, 4.69) is 56.4 Å². The Morgan fingerprint density at radius 2 is 1.82 bits per heavy atom. The zero-order chi connectivity index (χ0) is 12.7. The molecule has 2 nitrogen and oxygen atoms in total. The first kappa shape index (κ1) is 14.2. The maximum absolute atomic E-state index is 5.64. The van der Waals surface area contributed by atoms with Gasteiger partial charge in [0.1, 0.15) is 0 Å². The van der Waals surface area contributed by atoms with Crippen molar-refractivity contribution in [3.05, 3.63) is 35.9 Å². The quantitative estimate of drug-likeness (QED) is 0.761. The summed E-state index contributed by atoms with van der Waals surface area (Å²) in [5.41, 5.74) is 7.07. The highest BCUT2D eigenvalue weighted by atomic mass is 14.9. The summed E-state index contributed by atoms with van der Waals surface area (Å²) in [6, 6.07) is 11.2. The van der Waals surface area contributed by atoms with Gasteiger partial charge in [0.2, 0.25) is 0 Å². The second-order valence-electron chi connectivity index (χ2n) is 4.95. The molecule has 0 amide bonds. The van der Waals surface area contributed by atoms with E-state index in [1.807, 2.05) is 0 Å². The Hall–Kier alpha value is -0.860. The second-order valence-corrected chi connectivity index (χ2v) is 4.95. The van der Waals surface area contributed by atoms with E-state index in [4.69, 9.17) is 5.73 Å². The third-order valence-corrected chi connectivity index (χ3v) is 3.60. The SMILES string of the molecule is CCC(C)C(CNC(C)CN)c1ccccc1.